The number of rotatable bonds is 6. The zero-order valence-corrected chi connectivity index (χ0v) is 12.1. The van der Waals surface area contributed by atoms with Crippen LogP contribution in [0.1, 0.15) is 51.9 Å². The molecule has 0 unspecified atom stereocenters. The molecular weight excluding hydrogens is 253 g/mol. The summed E-state index contributed by atoms with van der Waals surface area (Å²) in [5, 5.41) is 0. The summed E-state index contributed by atoms with van der Waals surface area (Å²) in [4.78, 5) is 2.20. The Morgan fingerprint density at radius 3 is 2.21 bits per heavy atom. The number of nitrogens with zero attached hydrogens (tertiary/aromatic N) is 1. The summed E-state index contributed by atoms with van der Waals surface area (Å²) in [6.45, 7) is 3.54. The molecule has 0 amide bonds. The third-order valence-corrected chi connectivity index (χ3v) is 4.67. The lowest BCUT2D eigenvalue weighted by molar-refractivity contribution is -0.188. The van der Waals surface area contributed by atoms with E-state index in [1.165, 1.54) is 0 Å². The van der Waals surface area contributed by atoms with Gasteiger partial charge in [0.25, 0.3) is 0 Å². The lowest BCUT2D eigenvalue weighted by Gasteiger charge is -2.46. The van der Waals surface area contributed by atoms with E-state index in [1.807, 2.05) is 7.05 Å². The average Bonchev–Trinajstić information content (AvgIpc) is 2.38. The van der Waals surface area contributed by atoms with Crippen molar-refractivity contribution in [1.82, 2.24) is 4.90 Å². The molecule has 0 bridgehead atoms. The zero-order chi connectivity index (χ0) is 14.5. The van der Waals surface area contributed by atoms with Crippen LogP contribution >= 0.6 is 0 Å². The zero-order valence-electron chi connectivity index (χ0n) is 12.1. The summed E-state index contributed by atoms with van der Waals surface area (Å²) in [6, 6.07) is 0. The van der Waals surface area contributed by atoms with E-state index in [4.69, 9.17) is 5.73 Å². The van der Waals surface area contributed by atoms with Crippen LogP contribution < -0.4 is 5.73 Å². The third-order valence-electron chi connectivity index (χ3n) is 4.67. The fraction of sp³-hybridized carbons (Fsp3) is 1.00. The van der Waals surface area contributed by atoms with Crippen LogP contribution in [-0.2, 0) is 0 Å². The molecule has 0 spiro atoms. The number of alkyl halides is 3. The molecule has 0 atom stereocenters. The minimum atomic E-state index is -4.04. The normalized spacial score (nSPS) is 28.9. The largest absolute Gasteiger partial charge is 0.391 e. The van der Waals surface area contributed by atoms with Crippen molar-refractivity contribution in [2.24, 2.45) is 11.7 Å². The van der Waals surface area contributed by atoms with Crippen LogP contribution in [0.4, 0.5) is 13.2 Å². The Labute approximate surface area is 114 Å². The van der Waals surface area contributed by atoms with Crippen molar-refractivity contribution in [1.29, 1.82) is 0 Å². The van der Waals surface area contributed by atoms with E-state index in [-0.39, 0.29) is 18.4 Å². The fourth-order valence-corrected chi connectivity index (χ4v) is 3.06. The Morgan fingerprint density at radius 1 is 1.21 bits per heavy atom. The Morgan fingerprint density at radius 2 is 1.79 bits per heavy atom. The van der Waals surface area contributed by atoms with Crippen molar-refractivity contribution < 1.29 is 13.2 Å². The SMILES string of the molecule is CCCCCN(C)C1(CN)CCC(C(F)(F)F)CC1. The number of unbranched alkanes of at least 4 members (excludes halogenated alkanes) is 2. The molecule has 1 fully saturated rings. The number of hydrogen-bond donors (Lipinski definition) is 1. The van der Waals surface area contributed by atoms with Crippen molar-refractivity contribution in [3.8, 4) is 0 Å². The van der Waals surface area contributed by atoms with E-state index in [2.05, 4.69) is 11.8 Å². The summed E-state index contributed by atoms with van der Waals surface area (Å²) in [5.41, 5.74) is 5.66. The molecule has 0 aromatic rings. The Kier molecular flexibility index (Phi) is 6.12. The van der Waals surface area contributed by atoms with Gasteiger partial charge in [-0.25, -0.2) is 0 Å². The van der Waals surface area contributed by atoms with Crippen LogP contribution in [0.3, 0.4) is 0 Å². The highest BCUT2D eigenvalue weighted by atomic mass is 19.4. The average molecular weight is 280 g/mol. The first kappa shape index (κ1) is 16.8. The van der Waals surface area contributed by atoms with Gasteiger partial charge in [-0.15, -0.1) is 0 Å². The van der Waals surface area contributed by atoms with Crippen LogP contribution in [0.15, 0.2) is 0 Å². The highest BCUT2D eigenvalue weighted by Gasteiger charge is 2.46. The van der Waals surface area contributed by atoms with Crippen molar-refractivity contribution >= 4 is 0 Å². The second kappa shape index (κ2) is 6.93. The van der Waals surface area contributed by atoms with Crippen LogP contribution in [0.25, 0.3) is 0 Å². The molecule has 0 saturated heterocycles. The minimum absolute atomic E-state index is 0.213. The molecule has 114 valence electrons. The van der Waals surface area contributed by atoms with E-state index < -0.39 is 12.1 Å². The molecule has 0 aromatic heterocycles. The van der Waals surface area contributed by atoms with Crippen LogP contribution in [0.2, 0.25) is 0 Å². The minimum Gasteiger partial charge on any atom is -0.329 e. The van der Waals surface area contributed by atoms with E-state index >= 15 is 0 Å². The second-order valence-corrected chi connectivity index (χ2v) is 5.87. The maximum Gasteiger partial charge on any atom is 0.391 e. The molecule has 5 heteroatoms. The highest BCUT2D eigenvalue weighted by Crippen LogP contribution is 2.42. The van der Waals surface area contributed by atoms with E-state index in [1.54, 1.807) is 0 Å². The van der Waals surface area contributed by atoms with E-state index in [0.717, 1.165) is 25.8 Å². The fourth-order valence-electron chi connectivity index (χ4n) is 3.06. The van der Waals surface area contributed by atoms with Gasteiger partial charge in [-0.3, -0.25) is 4.90 Å². The molecule has 1 aliphatic rings. The first-order chi connectivity index (χ1) is 8.85. The molecule has 1 saturated carbocycles. The molecule has 1 rings (SSSR count). The maximum atomic E-state index is 12.7. The molecule has 0 heterocycles. The van der Waals surface area contributed by atoms with Crippen LogP contribution in [0, 0.1) is 5.92 Å². The maximum absolute atomic E-state index is 12.7. The Balaban J connectivity index is 2.54. The molecule has 19 heavy (non-hydrogen) atoms. The van der Waals surface area contributed by atoms with Gasteiger partial charge >= 0.3 is 6.18 Å². The van der Waals surface area contributed by atoms with Gasteiger partial charge in [0.15, 0.2) is 0 Å². The molecule has 0 radical (unpaired) electrons. The third kappa shape index (κ3) is 4.35. The standard InChI is InChI=1S/C14H27F3N2/c1-3-4-5-10-19(2)13(11-18)8-6-12(7-9-13)14(15,16)17/h12H,3-11,18H2,1-2H3. The molecule has 0 aromatic carbocycles. The molecule has 2 nitrogen and oxygen atoms in total. The summed E-state index contributed by atoms with van der Waals surface area (Å²) in [7, 11) is 2.01. The van der Waals surface area contributed by atoms with Gasteiger partial charge in [-0.05, 0) is 45.7 Å². The van der Waals surface area contributed by atoms with E-state index in [9.17, 15) is 13.2 Å². The number of likely N-dealkylation sites (N-methyl/N-ethyl adjacent to an activating group) is 1. The van der Waals surface area contributed by atoms with Crippen molar-refractivity contribution in [2.75, 3.05) is 20.1 Å². The van der Waals surface area contributed by atoms with Crippen LogP contribution in [0.5, 0.6) is 0 Å². The predicted octanol–water partition coefficient (Wildman–Crippen LogP) is 3.56. The Bertz CT molecular complexity index is 258. The lowest BCUT2D eigenvalue weighted by Crippen LogP contribution is -2.55. The van der Waals surface area contributed by atoms with Crippen molar-refractivity contribution in [2.45, 2.75) is 63.6 Å². The monoisotopic (exact) mass is 280 g/mol. The Hall–Kier alpha value is -0.290. The molecule has 0 aliphatic heterocycles. The number of nitrogens with two attached hydrogens (primary N) is 1. The highest BCUT2D eigenvalue weighted by molar-refractivity contribution is 4.95. The molecule has 1 aliphatic carbocycles. The van der Waals surface area contributed by atoms with Gasteiger partial charge in [0, 0.05) is 12.1 Å². The van der Waals surface area contributed by atoms with Gasteiger partial charge < -0.3 is 5.73 Å². The number of halogens is 3. The smallest absolute Gasteiger partial charge is 0.329 e. The summed E-state index contributed by atoms with van der Waals surface area (Å²) in [6.07, 6.45) is 0.943. The lowest BCUT2D eigenvalue weighted by atomic mass is 9.75. The first-order valence-electron chi connectivity index (χ1n) is 7.34. The second-order valence-electron chi connectivity index (χ2n) is 5.87. The van der Waals surface area contributed by atoms with Gasteiger partial charge in [0.2, 0.25) is 0 Å². The van der Waals surface area contributed by atoms with Gasteiger partial charge in [0.05, 0.1) is 5.92 Å². The molecular formula is C14H27F3N2. The van der Waals surface area contributed by atoms with Gasteiger partial charge in [-0.1, -0.05) is 19.8 Å². The predicted molar refractivity (Wildman–Crippen MR) is 72.0 cm³/mol. The van der Waals surface area contributed by atoms with E-state index in [0.29, 0.717) is 19.4 Å². The molecule has 2 N–H and O–H groups in total. The summed E-state index contributed by atoms with van der Waals surface area (Å²) >= 11 is 0. The van der Waals surface area contributed by atoms with Gasteiger partial charge in [0.1, 0.15) is 0 Å². The quantitative estimate of drug-likeness (QED) is 0.754. The topological polar surface area (TPSA) is 29.3 Å². The van der Waals surface area contributed by atoms with Crippen molar-refractivity contribution in [3.05, 3.63) is 0 Å². The number of hydrogen-bond acceptors (Lipinski definition) is 2. The summed E-state index contributed by atoms with van der Waals surface area (Å²) in [5.74, 6) is -1.13. The summed E-state index contributed by atoms with van der Waals surface area (Å²) < 4.78 is 38.1. The van der Waals surface area contributed by atoms with Crippen LogP contribution in [-0.4, -0.2) is 36.8 Å². The van der Waals surface area contributed by atoms with Crippen molar-refractivity contribution in [3.63, 3.8) is 0 Å². The first-order valence-corrected chi connectivity index (χ1v) is 7.34. The van der Waals surface area contributed by atoms with Gasteiger partial charge in [-0.2, -0.15) is 13.2 Å².